The summed E-state index contributed by atoms with van der Waals surface area (Å²) in [6, 6.07) is 0. The summed E-state index contributed by atoms with van der Waals surface area (Å²) in [7, 11) is 0. The third-order valence-electron chi connectivity index (χ3n) is 6.54. The van der Waals surface area contributed by atoms with Crippen molar-refractivity contribution in [2.45, 2.75) is 58.0 Å². The molecule has 0 radical (unpaired) electrons. The van der Waals surface area contributed by atoms with E-state index in [0.29, 0.717) is 0 Å². The van der Waals surface area contributed by atoms with Crippen molar-refractivity contribution in [3.8, 4) is 0 Å². The molecule has 4 aliphatic rings. The molecule has 212 valence electrons. The minimum absolute atomic E-state index is 0.523. The average molecular weight is 580 g/mol. The van der Waals surface area contributed by atoms with E-state index in [1.807, 2.05) is 0 Å². The van der Waals surface area contributed by atoms with E-state index in [4.69, 9.17) is 0 Å². The van der Waals surface area contributed by atoms with Crippen LogP contribution in [0.25, 0.3) is 0 Å². The van der Waals surface area contributed by atoms with Crippen LogP contribution in [-0.2, 0) is 28.6 Å². The third kappa shape index (κ3) is 2.08. The van der Waals surface area contributed by atoms with Crippen LogP contribution in [0.15, 0.2) is 38.0 Å². The van der Waals surface area contributed by atoms with E-state index in [1.165, 1.54) is 0 Å². The van der Waals surface area contributed by atoms with E-state index in [9.17, 15) is 14.4 Å². The second-order valence-electron chi connectivity index (χ2n) is 8.02. The van der Waals surface area contributed by atoms with Gasteiger partial charge < -0.3 is 14.2 Å². The molecule has 0 atom stereocenters. The summed E-state index contributed by atoms with van der Waals surface area (Å²) < 4.78 is 211. The molecule has 6 nitrogen and oxygen atoms in total. The van der Waals surface area contributed by atoms with Gasteiger partial charge in [-0.3, -0.25) is 0 Å². The number of ether oxygens (including phenoxy) is 3. The first-order valence-corrected chi connectivity index (χ1v) is 9.38. The summed E-state index contributed by atoms with van der Waals surface area (Å²) in [6.45, 7) is 7.26. The van der Waals surface area contributed by atoms with Crippen molar-refractivity contribution < 1.29 is 85.7 Å². The van der Waals surface area contributed by atoms with Crippen molar-refractivity contribution >= 4 is 17.9 Å². The number of halogens is 13. The van der Waals surface area contributed by atoms with Crippen LogP contribution in [0, 0.1) is 0 Å². The molecular formula is C19H9F13O6. The Balaban J connectivity index is 2.82. The van der Waals surface area contributed by atoms with Gasteiger partial charge in [0, 0.05) is 18.2 Å². The maximum Gasteiger partial charge on any atom is 0.350 e. The molecule has 4 bridgehead atoms. The predicted octanol–water partition coefficient (Wildman–Crippen LogP) is 3.95. The van der Waals surface area contributed by atoms with Crippen LogP contribution >= 0.6 is 0 Å². The second kappa shape index (κ2) is 7.02. The number of rotatable bonds is 6. The number of esters is 3. The maximum atomic E-state index is 15.7. The fraction of sp³-hybridized carbons (Fsp3) is 0.526. The molecule has 4 aliphatic carbocycles. The SMILES string of the molecule is C=CC(=O)OC12C(F)(F)C3(F)C(F)(F)C(OC(=O)C=C)(C1(F)F)C(F)(F)C(OC(=O)C=C)(C3(F)F)C2(F)F. The smallest absolute Gasteiger partial charge is 0.350 e. The van der Waals surface area contributed by atoms with E-state index in [-0.39, 0.29) is 0 Å². The molecule has 0 aliphatic heterocycles. The van der Waals surface area contributed by atoms with E-state index in [0.717, 1.165) is 0 Å². The Bertz CT molecular complexity index is 1010. The zero-order valence-electron chi connectivity index (χ0n) is 17.7. The minimum atomic E-state index is -7.73. The van der Waals surface area contributed by atoms with Crippen molar-refractivity contribution in [1.29, 1.82) is 0 Å². The molecule has 0 heterocycles. The summed E-state index contributed by atoms with van der Waals surface area (Å²) in [5.41, 5.74) is -29.1. The standard InChI is InChI=1S/C19H9F13O6/c1-4-7(33)36-11-14(21,22)10(20)15(23,24)12(17(11,27)28,37-8(34)5-2)19(31,32)13(16(10,25)26,18(11,29)30)38-9(35)6-3/h4-6H,1-3H2. The number of alkyl halides is 13. The summed E-state index contributed by atoms with van der Waals surface area (Å²) in [4.78, 5) is 34.9. The first-order valence-electron chi connectivity index (χ1n) is 9.38. The number of carbonyl (C=O) groups excluding carboxylic acids is 3. The van der Waals surface area contributed by atoms with Crippen molar-refractivity contribution in [1.82, 2.24) is 0 Å². The van der Waals surface area contributed by atoms with Crippen LogP contribution in [0.4, 0.5) is 57.1 Å². The zero-order chi connectivity index (χ0) is 30.0. The molecule has 0 amide bonds. The minimum Gasteiger partial charge on any atom is -0.436 e. The Hall–Kier alpha value is -3.28. The van der Waals surface area contributed by atoms with Crippen LogP contribution in [0.3, 0.4) is 0 Å². The Morgan fingerprint density at radius 1 is 0.421 bits per heavy atom. The highest BCUT2D eigenvalue weighted by atomic mass is 19.3. The third-order valence-corrected chi connectivity index (χ3v) is 6.54. The second-order valence-corrected chi connectivity index (χ2v) is 8.02. The molecule has 0 aromatic carbocycles. The molecule has 0 aromatic rings. The van der Waals surface area contributed by atoms with Crippen molar-refractivity contribution in [2.24, 2.45) is 0 Å². The largest absolute Gasteiger partial charge is 0.436 e. The predicted molar refractivity (Wildman–Crippen MR) is 90.6 cm³/mol. The molecule has 0 saturated heterocycles. The fourth-order valence-electron chi connectivity index (χ4n) is 4.99. The quantitative estimate of drug-likeness (QED) is 0.205. The van der Waals surface area contributed by atoms with Gasteiger partial charge in [-0.1, -0.05) is 19.7 Å². The number of hydrogen-bond donors (Lipinski definition) is 0. The molecule has 0 spiro atoms. The Kier molecular flexibility index (Phi) is 5.41. The molecule has 38 heavy (non-hydrogen) atoms. The lowest BCUT2D eigenvalue weighted by Gasteiger charge is -2.76. The molecule has 4 fully saturated rings. The number of hydrogen-bond acceptors (Lipinski definition) is 6. The van der Waals surface area contributed by atoms with Gasteiger partial charge in [-0.2, -0.15) is 52.7 Å². The Labute approximate surface area is 200 Å². The topological polar surface area (TPSA) is 78.9 Å². The van der Waals surface area contributed by atoms with Gasteiger partial charge in [0.05, 0.1) is 0 Å². The highest BCUT2D eigenvalue weighted by Gasteiger charge is 3.24. The van der Waals surface area contributed by atoms with Crippen molar-refractivity contribution in [3.63, 3.8) is 0 Å². The van der Waals surface area contributed by atoms with Gasteiger partial charge >= 0.3 is 75.9 Å². The van der Waals surface area contributed by atoms with Gasteiger partial charge in [0.15, 0.2) is 0 Å². The summed E-state index contributed by atoms with van der Waals surface area (Å²) in [5.74, 6) is -54.7. The van der Waals surface area contributed by atoms with Crippen LogP contribution in [0.1, 0.15) is 0 Å². The maximum absolute atomic E-state index is 15.7. The van der Waals surface area contributed by atoms with Gasteiger partial charge in [-0.05, 0) is 0 Å². The highest BCUT2D eigenvalue weighted by Crippen LogP contribution is 2.88. The normalized spacial score (nSPS) is 39.4. The fourth-order valence-corrected chi connectivity index (χ4v) is 4.99. The highest BCUT2D eigenvalue weighted by molar-refractivity contribution is 5.85. The lowest BCUT2D eigenvalue weighted by atomic mass is 9.38. The lowest BCUT2D eigenvalue weighted by Crippen LogP contribution is -3.12. The number of carbonyl (C=O) groups is 3. The van der Waals surface area contributed by atoms with Crippen molar-refractivity contribution in [2.75, 3.05) is 0 Å². The van der Waals surface area contributed by atoms with Crippen LogP contribution in [0.2, 0.25) is 0 Å². The monoisotopic (exact) mass is 580 g/mol. The average Bonchev–Trinajstić information content (AvgIpc) is 2.78. The van der Waals surface area contributed by atoms with Gasteiger partial charge in [0.2, 0.25) is 0 Å². The molecule has 0 aromatic heterocycles. The van der Waals surface area contributed by atoms with E-state index < -0.39 is 94.1 Å². The van der Waals surface area contributed by atoms with Gasteiger partial charge in [0.1, 0.15) is 0 Å². The van der Waals surface area contributed by atoms with E-state index in [1.54, 1.807) is 0 Å². The van der Waals surface area contributed by atoms with Crippen molar-refractivity contribution in [3.05, 3.63) is 38.0 Å². The molecular weight excluding hydrogens is 571 g/mol. The van der Waals surface area contributed by atoms with Crippen LogP contribution in [-0.4, -0.2) is 75.9 Å². The Morgan fingerprint density at radius 3 is 0.763 bits per heavy atom. The molecule has 4 saturated carbocycles. The summed E-state index contributed by atoms with van der Waals surface area (Å²) in [6.07, 6.45) is -1.57. The van der Waals surface area contributed by atoms with Gasteiger partial charge in [-0.15, -0.1) is 0 Å². The first kappa shape index (κ1) is 29.3. The van der Waals surface area contributed by atoms with Gasteiger partial charge in [0.25, 0.3) is 0 Å². The summed E-state index contributed by atoms with van der Waals surface area (Å²) >= 11 is 0. The van der Waals surface area contributed by atoms with E-state index >= 15 is 57.1 Å². The Morgan fingerprint density at radius 2 is 0.605 bits per heavy atom. The molecule has 0 N–H and O–H groups in total. The van der Waals surface area contributed by atoms with E-state index in [2.05, 4.69) is 33.9 Å². The molecule has 19 heteroatoms. The lowest BCUT2D eigenvalue weighted by molar-refractivity contribution is -0.628. The molecule has 0 unspecified atom stereocenters. The van der Waals surface area contributed by atoms with Gasteiger partial charge in [-0.25, -0.2) is 18.8 Å². The van der Waals surface area contributed by atoms with Crippen LogP contribution in [0.5, 0.6) is 0 Å². The zero-order valence-corrected chi connectivity index (χ0v) is 17.7. The molecule has 4 rings (SSSR count). The van der Waals surface area contributed by atoms with Crippen LogP contribution < -0.4 is 0 Å². The first-order chi connectivity index (χ1) is 16.9. The summed E-state index contributed by atoms with van der Waals surface area (Å²) in [5, 5.41) is 0.